The molecule has 0 bridgehead atoms. The van der Waals surface area contributed by atoms with E-state index in [1.165, 1.54) is 0 Å². The maximum absolute atomic E-state index is 6.04. The maximum atomic E-state index is 6.04. The molecule has 0 saturated heterocycles. The van der Waals surface area contributed by atoms with Gasteiger partial charge in [-0.1, -0.05) is 30.1 Å². The molecule has 0 radical (unpaired) electrons. The highest BCUT2D eigenvalue weighted by molar-refractivity contribution is 7.71. The number of benzene rings is 1. The maximum Gasteiger partial charge on any atom is 0.214 e. The molecule has 1 aromatic carbocycles. The van der Waals surface area contributed by atoms with Gasteiger partial charge in [0.1, 0.15) is 11.5 Å². The number of nitrogens with one attached hydrogen (secondary N) is 2. The molecule has 0 aliphatic carbocycles. The van der Waals surface area contributed by atoms with E-state index < -0.39 is 0 Å². The minimum Gasteiger partial charge on any atom is -0.459 e. The Kier molecular flexibility index (Phi) is 5.28. The number of rotatable bonds is 6. The van der Waals surface area contributed by atoms with E-state index in [9.17, 15) is 0 Å². The zero-order chi connectivity index (χ0) is 17.1. The van der Waals surface area contributed by atoms with Gasteiger partial charge in [-0.15, -0.1) is 0 Å². The first kappa shape index (κ1) is 17.1. The van der Waals surface area contributed by atoms with Crippen molar-refractivity contribution < 1.29 is 4.42 Å². The molecule has 2 heterocycles. The van der Waals surface area contributed by atoms with Crippen LogP contribution in [0.4, 0.5) is 0 Å². The van der Waals surface area contributed by atoms with Gasteiger partial charge in [-0.05, 0) is 49.0 Å². The SMILES string of the molecule is CCCc1n[nH]c(=S)n1NCc1ccc(-c2cc(Cl)cc(Cl)c2)o1. The zero-order valence-electron chi connectivity index (χ0n) is 13.0. The van der Waals surface area contributed by atoms with Crippen LogP contribution in [0, 0.1) is 4.77 Å². The minimum atomic E-state index is 0.485. The lowest BCUT2D eigenvalue weighted by Crippen LogP contribution is -2.17. The lowest BCUT2D eigenvalue weighted by molar-refractivity contribution is 0.520. The number of aryl methyl sites for hydroxylation is 1. The summed E-state index contributed by atoms with van der Waals surface area (Å²) in [4.78, 5) is 0. The van der Waals surface area contributed by atoms with E-state index in [1.54, 1.807) is 10.7 Å². The van der Waals surface area contributed by atoms with E-state index in [0.717, 1.165) is 30.0 Å². The predicted molar refractivity (Wildman–Crippen MR) is 98.6 cm³/mol. The fourth-order valence-corrected chi connectivity index (χ4v) is 3.11. The van der Waals surface area contributed by atoms with Gasteiger partial charge < -0.3 is 9.84 Å². The van der Waals surface area contributed by atoms with Crippen molar-refractivity contribution in [3.63, 3.8) is 0 Å². The Balaban J connectivity index is 1.75. The minimum absolute atomic E-state index is 0.485. The summed E-state index contributed by atoms with van der Waals surface area (Å²) in [5, 5.41) is 8.15. The lowest BCUT2D eigenvalue weighted by atomic mass is 10.2. The molecule has 126 valence electrons. The molecule has 3 rings (SSSR count). The molecule has 0 spiro atoms. The summed E-state index contributed by atoms with van der Waals surface area (Å²) in [6.45, 7) is 2.58. The average Bonchev–Trinajstić information content (AvgIpc) is 3.12. The monoisotopic (exact) mass is 382 g/mol. The number of aromatic amines is 1. The van der Waals surface area contributed by atoms with Crippen molar-refractivity contribution in [3.8, 4) is 11.3 Å². The van der Waals surface area contributed by atoms with Gasteiger partial charge in [0.25, 0.3) is 0 Å². The van der Waals surface area contributed by atoms with Crippen LogP contribution in [0.3, 0.4) is 0 Å². The second kappa shape index (κ2) is 7.42. The molecule has 0 amide bonds. The first-order chi connectivity index (χ1) is 11.6. The second-order valence-electron chi connectivity index (χ2n) is 5.29. The topological polar surface area (TPSA) is 58.8 Å². The summed E-state index contributed by atoms with van der Waals surface area (Å²) in [6.07, 6.45) is 1.83. The van der Waals surface area contributed by atoms with Crippen LogP contribution in [0.2, 0.25) is 10.0 Å². The van der Waals surface area contributed by atoms with Crippen LogP contribution in [0.15, 0.2) is 34.7 Å². The molecular weight excluding hydrogens is 367 g/mol. The van der Waals surface area contributed by atoms with Crippen molar-refractivity contribution in [2.24, 2.45) is 0 Å². The summed E-state index contributed by atoms with van der Waals surface area (Å²) >= 11 is 17.3. The Morgan fingerprint density at radius 3 is 2.71 bits per heavy atom. The van der Waals surface area contributed by atoms with Gasteiger partial charge in [-0.3, -0.25) is 5.10 Å². The van der Waals surface area contributed by atoms with E-state index in [2.05, 4.69) is 22.5 Å². The molecule has 2 N–H and O–H groups in total. The van der Waals surface area contributed by atoms with Crippen LogP contribution in [0.25, 0.3) is 11.3 Å². The van der Waals surface area contributed by atoms with Crippen molar-refractivity contribution in [3.05, 3.63) is 56.7 Å². The van der Waals surface area contributed by atoms with Crippen molar-refractivity contribution in [1.82, 2.24) is 14.9 Å². The summed E-state index contributed by atoms with van der Waals surface area (Å²) in [5.74, 6) is 2.35. The van der Waals surface area contributed by atoms with Gasteiger partial charge in [-0.2, -0.15) is 5.10 Å². The molecule has 0 aliphatic rings. The Hall–Kier alpha value is -1.76. The van der Waals surface area contributed by atoms with Crippen LogP contribution in [0.1, 0.15) is 24.9 Å². The smallest absolute Gasteiger partial charge is 0.214 e. The van der Waals surface area contributed by atoms with Crippen molar-refractivity contribution >= 4 is 35.4 Å². The number of hydrogen-bond acceptors (Lipinski definition) is 4. The van der Waals surface area contributed by atoms with Gasteiger partial charge >= 0.3 is 0 Å². The van der Waals surface area contributed by atoms with E-state index in [0.29, 0.717) is 27.1 Å². The Morgan fingerprint density at radius 1 is 1.25 bits per heavy atom. The zero-order valence-corrected chi connectivity index (χ0v) is 15.3. The normalized spacial score (nSPS) is 11.0. The van der Waals surface area contributed by atoms with E-state index in [1.807, 2.05) is 24.3 Å². The van der Waals surface area contributed by atoms with Crippen LogP contribution in [-0.2, 0) is 13.0 Å². The number of furan rings is 1. The highest BCUT2D eigenvalue weighted by Gasteiger charge is 2.09. The van der Waals surface area contributed by atoms with Gasteiger partial charge in [0.05, 0.1) is 6.54 Å². The Morgan fingerprint density at radius 2 is 2.00 bits per heavy atom. The highest BCUT2D eigenvalue weighted by Crippen LogP contribution is 2.28. The Bertz CT molecular complexity index is 879. The lowest BCUT2D eigenvalue weighted by Gasteiger charge is -2.08. The fraction of sp³-hybridized carbons (Fsp3) is 0.250. The standard InChI is InChI=1S/C16H16Cl2N4OS/c1-2-3-15-20-21-16(24)22(15)19-9-13-4-5-14(23-13)10-6-11(17)8-12(18)7-10/h4-8,19H,2-3,9H2,1H3,(H,21,24). The molecule has 24 heavy (non-hydrogen) atoms. The van der Waals surface area contributed by atoms with Gasteiger partial charge in [0.15, 0.2) is 5.82 Å². The van der Waals surface area contributed by atoms with Gasteiger partial charge in [-0.25, -0.2) is 4.68 Å². The van der Waals surface area contributed by atoms with E-state index in [-0.39, 0.29) is 0 Å². The number of H-pyrrole nitrogens is 1. The molecule has 5 nitrogen and oxygen atoms in total. The summed E-state index contributed by atoms with van der Waals surface area (Å²) in [7, 11) is 0. The molecule has 8 heteroatoms. The Labute approximate surface area is 154 Å². The molecule has 0 atom stereocenters. The van der Waals surface area contributed by atoms with Crippen molar-refractivity contribution in [2.75, 3.05) is 5.43 Å². The number of nitrogens with zero attached hydrogens (tertiary/aromatic N) is 2. The first-order valence-corrected chi connectivity index (χ1v) is 8.68. The van der Waals surface area contributed by atoms with Crippen LogP contribution in [0.5, 0.6) is 0 Å². The van der Waals surface area contributed by atoms with Crippen LogP contribution in [-0.4, -0.2) is 14.9 Å². The van der Waals surface area contributed by atoms with Gasteiger partial charge in [0.2, 0.25) is 4.77 Å². The molecular formula is C16H16Cl2N4OS. The van der Waals surface area contributed by atoms with Gasteiger partial charge in [0, 0.05) is 22.0 Å². The number of aromatic nitrogens is 3. The highest BCUT2D eigenvalue weighted by atomic mass is 35.5. The second-order valence-corrected chi connectivity index (χ2v) is 6.55. The van der Waals surface area contributed by atoms with Crippen LogP contribution < -0.4 is 5.43 Å². The molecule has 0 unspecified atom stereocenters. The quantitative estimate of drug-likeness (QED) is 0.574. The molecule has 0 aliphatic heterocycles. The van der Waals surface area contributed by atoms with E-state index >= 15 is 0 Å². The number of halogens is 2. The largest absolute Gasteiger partial charge is 0.459 e. The third-order valence-electron chi connectivity index (χ3n) is 3.44. The van der Waals surface area contributed by atoms with Crippen molar-refractivity contribution in [1.29, 1.82) is 0 Å². The summed E-state index contributed by atoms with van der Waals surface area (Å²) < 4.78 is 8.17. The van der Waals surface area contributed by atoms with Crippen LogP contribution >= 0.6 is 35.4 Å². The molecule has 0 fully saturated rings. The third kappa shape index (κ3) is 3.83. The average molecular weight is 383 g/mol. The first-order valence-electron chi connectivity index (χ1n) is 7.52. The molecule has 3 aromatic rings. The summed E-state index contributed by atoms with van der Waals surface area (Å²) in [6, 6.07) is 9.11. The third-order valence-corrected chi connectivity index (χ3v) is 4.15. The predicted octanol–water partition coefficient (Wildman–Crippen LogP) is 5.20. The summed E-state index contributed by atoms with van der Waals surface area (Å²) in [5.41, 5.74) is 4.06. The van der Waals surface area contributed by atoms with Crippen molar-refractivity contribution in [2.45, 2.75) is 26.3 Å². The molecule has 2 aromatic heterocycles. The number of hydrogen-bond donors (Lipinski definition) is 2. The fourth-order valence-electron chi connectivity index (χ4n) is 2.37. The molecule has 0 saturated carbocycles. The van der Waals surface area contributed by atoms with E-state index in [4.69, 9.17) is 39.8 Å².